The third kappa shape index (κ3) is 2.98. The average molecular weight is 156 g/mol. The van der Waals surface area contributed by atoms with Gasteiger partial charge in [-0.2, -0.15) is 0 Å². The zero-order valence-corrected chi connectivity index (χ0v) is 6.81. The van der Waals surface area contributed by atoms with E-state index in [0.29, 0.717) is 0 Å². The summed E-state index contributed by atoms with van der Waals surface area (Å²) in [6.07, 6.45) is 0. The Labute approximate surface area is 71.5 Å². The number of rotatable bonds is 0. The largest absolute Gasteiger partial charge is 1.00 e. The molecule has 1 heterocycles. The van der Waals surface area contributed by atoms with Crippen LogP contribution in [0.1, 0.15) is 0 Å². The number of aromatic nitrogens is 1. The van der Waals surface area contributed by atoms with E-state index in [4.69, 9.17) is 0 Å². The molecule has 1 nitrogen and oxygen atoms in total. The summed E-state index contributed by atoms with van der Waals surface area (Å²) in [5, 5.41) is 0. The van der Waals surface area contributed by atoms with Crippen molar-refractivity contribution in [2.75, 3.05) is 0 Å². The van der Waals surface area contributed by atoms with Crippen molar-refractivity contribution in [1.29, 1.82) is 0 Å². The van der Waals surface area contributed by atoms with E-state index in [1.165, 1.54) is 6.07 Å². The Morgan fingerprint density at radius 2 is 2.11 bits per heavy atom. The van der Waals surface area contributed by atoms with E-state index >= 15 is 0 Å². The van der Waals surface area contributed by atoms with Gasteiger partial charge >= 0.3 is 59.1 Å². The van der Waals surface area contributed by atoms with Gasteiger partial charge < -0.3 is 12.4 Å². The standard InChI is InChI=1S/C5H3FN.ClH.Mg/c6-5-3-1-2-4-7-5;;/h1-3H;1H;/q;;+1/p-1. The van der Waals surface area contributed by atoms with Gasteiger partial charge in [0.25, 0.3) is 0 Å². The second-order valence-corrected chi connectivity index (χ2v) is 2.18. The van der Waals surface area contributed by atoms with Crippen molar-refractivity contribution in [1.82, 2.24) is 4.98 Å². The first-order chi connectivity index (χ1) is 3.79. The van der Waals surface area contributed by atoms with Crippen LogP contribution >= 0.6 is 0 Å². The van der Waals surface area contributed by atoms with Crippen LogP contribution in [-0.4, -0.2) is 26.7 Å². The molecule has 4 heteroatoms. The molecule has 1 aromatic rings. The van der Waals surface area contributed by atoms with Crippen molar-refractivity contribution < 1.29 is 16.8 Å². The van der Waals surface area contributed by atoms with E-state index in [-0.39, 0.29) is 12.4 Å². The van der Waals surface area contributed by atoms with Crippen LogP contribution in [0.3, 0.4) is 0 Å². The van der Waals surface area contributed by atoms with E-state index in [9.17, 15) is 4.39 Å². The molecule has 0 fully saturated rings. The number of pyridine rings is 1. The Kier molecular flexibility index (Phi) is 4.09. The van der Waals surface area contributed by atoms with Gasteiger partial charge in [0.2, 0.25) is 0 Å². The van der Waals surface area contributed by atoms with Crippen LogP contribution in [0.4, 0.5) is 4.39 Å². The molecular formula is C5H3ClFMgN. The Balaban J connectivity index is 0.000000640. The summed E-state index contributed by atoms with van der Waals surface area (Å²) in [6, 6.07) is 4.74. The van der Waals surface area contributed by atoms with Gasteiger partial charge in [0.1, 0.15) is 0 Å². The van der Waals surface area contributed by atoms with Crippen LogP contribution < -0.4 is 16.2 Å². The Morgan fingerprint density at radius 1 is 1.44 bits per heavy atom. The number of hydrogen-bond acceptors (Lipinski definition) is 1. The zero-order valence-electron chi connectivity index (χ0n) is 4.64. The predicted octanol–water partition coefficient (Wildman–Crippen LogP) is -2.98. The molecule has 0 atom stereocenters. The maximum absolute atomic E-state index is 12.1. The van der Waals surface area contributed by atoms with Gasteiger partial charge in [0.05, 0.1) is 0 Å². The quantitative estimate of drug-likeness (QED) is 0.288. The Hall–Kier alpha value is 0.136. The zero-order chi connectivity index (χ0) is 5.98. The Morgan fingerprint density at radius 3 is 2.44 bits per heavy atom. The molecule has 0 saturated carbocycles. The van der Waals surface area contributed by atoms with Crippen LogP contribution in [0, 0.1) is 5.95 Å². The number of halogens is 2. The first-order valence-corrected chi connectivity index (χ1v) is 2.94. The van der Waals surface area contributed by atoms with Gasteiger partial charge in [0, 0.05) is 0 Å². The van der Waals surface area contributed by atoms with Gasteiger partial charge in [-0.1, -0.05) is 0 Å². The second kappa shape index (κ2) is 4.03. The van der Waals surface area contributed by atoms with Crippen molar-refractivity contribution in [2.24, 2.45) is 0 Å². The van der Waals surface area contributed by atoms with Crippen LogP contribution in [0.5, 0.6) is 0 Å². The summed E-state index contributed by atoms with van der Waals surface area (Å²) >= 11 is 1.57. The topological polar surface area (TPSA) is 12.9 Å². The first kappa shape index (κ1) is 9.14. The number of nitrogens with zero attached hydrogens (tertiary/aromatic N) is 1. The molecule has 0 N–H and O–H groups in total. The van der Waals surface area contributed by atoms with Gasteiger partial charge in [0.15, 0.2) is 0 Å². The molecule has 0 aliphatic carbocycles. The molecule has 1 rings (SSSR count). The predicted molar refractivity (Wildman–Crippen MR) is 29.6 cm³/mol. The van der Waals surface area contributed by atoms with E-state index < -0.39 is 5.95 Å². The SMILES string of the molecule is Fc1ccc[c]([Mg+])n1.[Cl-]. The molecule has 0 aliphatic heterocycles. The minimum absolute atomic E-state index is 0. The monoisotopic (exact) mass is 155 g/mol. The normalized spacial score (nSPS) is 8.33. The summed E-state index contributed by atoms with van der Waals surface area (Å²) in [6.45, 7) is 0. The first-order valence-electron chi connectivity index (χ1n) is 2.23. The fourth-order valence-corrected chi connectivity index (χ4v) is 0.737. The van der Waals surface area contributed by atoms with Crippen molar-refractivity contribution in [3.05, 3.63) is 24.1 Å². The third-order valence-corrected chi connectivity index (χ3v) is 1.17. The van der Waals surface area contributed by atoms with Crippen molar-refractivity contribution >= 4 is 25.5 Å². The molecule has 44 valence electrons. The van der Waals surface area contributed by atoms with Gasteiger partial charge in [-0.3, -0.25) is 0 Å². The second-order valence-electron chi connectivity index (χ2n) is 1.45. The van der Waals surface area contributed by atoms with E-state index in [2.05, 4.69) is 4.98 Å². The minimum Gasteiger partial charge on any atom is -1.00 e. The molecule has 1 aromatic heterocycles. The summed E-state index contributed by atoms with van der Waals surface area (Å²) < 4.78 is 12.8. The van der Waals surface area contributed by atoms with E-state index in [1.807, 2.05) is 0 Å². The van der Waals surface area contributed by atoms with Gasteiger partial charge in [-0.05, 0) is 0 Å². The van der Waals surface area contributed by atoms with Crippen LogP contribution in [0.2, 0.25) is 0 Å². The summed E-state index contributed by atoms with van der Waals surface area (Å²) in [5.74, 6) is -0.405. The molecule has 0 radical (unpaired) electrons. The molecule has 0 spiro atoms. The van der Waals surface area contributed by atoms with E-state index in [0.717, 1.165) is 3.82 Å². The van der Waals surface area contributed by atoms with Crippen molar-refractivity contribution in [3.8, 4) is 0 Å². The Bertz CT molecular complexity index is 177. The molecule has 0 unspecified atom stereocenters. The minimum atomic E-state index is -0.405. The summed E-state index contributed by atoms with van der Waals surface area (Å²) in [7, 11) is 0. The summed E-state index contributed by atoms with van der Waals surface area (Å²) in [5.41, 5.74) is 0. The maximum Gasteiger partial charge on any atom is -1.00 e. The molecule has 0 aliphatic rings. The fraction of sp³-hybridized carbons (Fsp3) is 0. The summed E-state index contributed by atoms with van der Waals surface area (Å²) in [4.78, 5) is 3.52. The van der Waals surface area contributed by atoms with E-state index in [1.54, 1.807) is 33.8 Å². The van der Waals surface area contributed by atoms with Gasteiger partial charge in [-0.15, -0.1) is 0 Å². The smallest absolute Gasteiger partial charge is 1.00 e. The molecule has 0 amide bonds. The van der Waals surface area contributed by atoms with Crippen molar-refractivity contribution in [3.63, 3.8) is 0 Å². The fourth-order valence-electron chi connectivity index (χ4n) is 0.450. The average Bonchev–Trinajstić information content (AvgIpc) is 1.64. The maximum atomic E-state index is 12.1. The molecular weight excluding hydrogens is 153 g/mol. The molecule has 0 saturated heterocycles. The van der Waals surface area contributed by atoms with Gasteiger partial charge in [-0.25, -0.2) is 0 Å². The number of hydrogen-bond donors (Lipinski definition) is 0. The molecule has 9 heavy (non-hydrogen) atoms. The van der Waals surface area contributed by atoms with Crippen molar-refractivity contribution in [2.45, 2.75) is 0 Å². The van der Waals surface area contributed by atoms with Crippen LogP contribution in [0.25, 0.3) is 0 Å². The third-order valence-electron chi connectivity index (χ3n) is 0.773. The molecule has 0 bridgehead atoms. The molecule has 0 aromatic carbocycles. The van der Waals surface area contributed by atoms with Crippen LogP contribution in [-0.2, 0) is 0 Å². The van der Waals surface area contributed by atoms with Crippen LogP contribution in [0.15, 0.2) is 18.2 Å².